The van der Waals surface area contributed by atoms with E-state index in [1.54, 1.807) is 18.2 Å². The quantitative estimate of drug-likeness (QED) is 0.697. The smallest absolute Gasteiger partial charge is 0.149 e. The van der Waals surface area contributed by atoms with Crippen LogP contribution in [0.3, 0.4) is 0 Å². The molecule has 15 heavy (non-hydrogen) atoms. The van der Waals surface area contributed by atoms with Gasteiger partial charge in [0.2, 0.25) is 0 Å². The van der Waals surface area contributed by atoms with Crippen molar-refractivity contribution in [3.05, 3.63) is 42.3 Å². The van der Waals surface area contributed by atoms with Crippen molar-refractivity contribution in [2.45, 2.75) is 0 Å². The third kappa shape index (κ3) is 1.74. The summed E-state index contributed by atoms with van der Waals surface area (Å²) in [6.07, 6.45) is 1.51. The number of rotatable bonds is 1. The van der Waals surface area contributed by atoms with Gasteiger partial charge in [-0.25, -0.2) is 4.39 Å². The third-order valence-corrected chi connectivity index (χ3v) is 2.09. The molecule has 0 saturated heterocycles. The van der Waals surface area contributed by atoms with Gasteiger partial charge in [0.1, 0.15) is 11.5 Å². The number of hydrogen-bond acceptors (Lipinski definition) is 3. The topological polar surface area (TPSA) is 64.9 Å². The Morgan fingerprint density at radius 3 is 2.67 bits per heavy atom. The summed E-state index contributed by atoms with van der Waals surface area (Å²) < 4.78 is 13.4. The molecule has 0 atom stereocenters. The van der Waals surface area contributed by atoms with Gasteiger partial charge < -0.3 is 11.5 Å². The normalized spacial score (nSPS) is 10.2. The minimum Gasteiger partial charge on any atom is -0.399 e. The zero-order valence-electron chi connectivity index (χ0n) is 7.94. The van der Waals surface area contributed by atoms with Gasteiger partial charge in [0.25, 0.3) is 0 Å². The first-order valence-electron chi connectivity index (χ1n) is 4.44. The van der Waals surface area contributed by atoms with Gasteiger partial charge in [-0.1, -0.05) is 0 Å². The van der Waals surface area contributed by atoms with Gasteiger partial charge in [-0.05, 0) is 30.3 Å². The molecule has 0 aliphatic rings. The first kappa shape index (κ1) is 9.45. The van der Waals surface area contributed by atoms with E-state index >= 15 is 0 Å². The summed E-state index contributed by atoms with van der Waals surface area (Å²) in [5.74, 6) is -0.408. The first-order valence-corrected chi connectivity index (χ1v) is 4.44. The number of anilines is 2. The van der Waals surface area contributed by atoms with Gasteiger partial charge in [0, 0.05) is 23.1 Å². The molecule has 0 amide bonds. The minimum atomic E-state index is -0.408. The predicted molar refractivity (Wildman–Crippen MR) is 58.5 cm³/mol. The van der Waals surface area contributed by atoms with Crippen LogP contribution in [0.5, 0.6) is 0 Å². The molecule has 0 fully saturated rings. The van der Waals surface area contributed by atoms with Crippen molar-refractivity contribution in [1.82, 2.24) is 4.98 Å². The Labute approximate surface area is 86.6 Å². The molecule has 1 heterocycles. The second-order valence-electron chi connectivity index (χ2n) is 3.18. The van der Waals surface area contributed by atoms with Crippen LogP contribution in [-0.4, -0.2) is 4.98 Å². The zero-order valence-corrected chi connectivity index (χ0v) is 7.94. The molecule has 2 aromatic rings. The molecule has 4 heteroatoms. The lowest BCUT2D eigenvalue weighted by Gasteiger charge is -2.06. The highest BCUT2D eigenvalue weighted by Gasteiger charge is 2.09. The number of halogens is 1. The lowest BCUT2D eigenvalue weighted by Crippen LogP contribution is -1.96. The fourth-order valence-corrected chi connectivity index (χ4v) is 1.36. The van der Waals surface area contributed by atoms with Crippen molar-refractivity contribution in [3.8, 4) is 11.3 Å². The number of nitrogens with two attached hydrogens (primary N) is 2. The van der Waals surface area contributed by atoms with Crippen molar-refractivity contribution in [1.29, 1.82) is 0 Å². The third-order valence-electron chi connectivity index (χ3n) is 2.09. The Hall–Kier alpha value is -2.10. The molecule has 0 unspecified atom stereocenters. The number of nitrogens with zero attached hydrogens (tertiary/aromatic N) is 1. The molecular weight excluding hydrogens is 193 g/mol. The van der Waals surface area contributed by atoms with Crippen LogP contribution in [0.4, 0.5) is 15.8 Å². The van der Waals surface area contributed by atoms with Gasteiger partial charge in [0.05, 0.1) is 0 Å². The van der Waals surface area contributed by atoms with Crippen LogP contribution < -0.4 is 11.5 Å². The average Bonchev–Trinajstić information content (AvgIpc) is 2.23. The fourth-order valence-electron chi connectivity index (χ4n) is 1.36. The molecule has 1 aromatic carbocycles. The van der Waals surface area contributed by atoms with Gasteiger partial charge in [-0.15, -0.1) is 0 Å². The van der Waals surface area contributed by atoms with Crippen molar-refractivity contribution in [2.24, 2.45) is 0 Å². The summed E-state index contributed by atoms with van der Waals surface area (Å²) in [6, 6.07) is 7.78. The van der Waals surface area contributed by atoms with E-state index in [0.29, 0.717) is 16.9 Å². The summed E-state index contributed by atoms with van der Waals surface area (Å²) in [5, 5.41) is 0. The van der Waals surface area contributed by atoms with Crippen LogP contribution >= 0.6 is 0 Å². The molecule has 0 bridgehead atoms. The zero-order chi connectivity index (χ0) is 10.8. The van der Waals surface area contributed by atoms with Crippen LogP contribution in [0.1, 0.15) is 0 Å². The van der Waals surface area contributed by atoms with E-state index in [2.05, 4.69) is 4.98 Å². The Morgan fingerprint density at radius 1 is 1.13 bits per heavy atom. The molecule has 76 valence electrons. The van der Waals surface area contributed by atoms with Gasteiger partial charge in [-0.2, -0.15) is 0 Å². The molecular formula is C11H10FN3. The summed E-state index contributed by atoms with van der Waals surface area (Å²) in [5.41, 5.74) is 13.1. The number of aromatic nitrogens is 1. The lowest BCUT2D eigenvalue weighted by molar-refractivity contribution is 0.626. The maximum absolute atomic E-state index is 13.4. The highest BCUT2D eigenvalue weighted by molar-refractivity contribution is 5.77. The number of benzene rings is 1. The van der Waals surface area contributed by atoms with E-state index in [4.69, 9.17) is 11.5 Å². The van der Waals surface area contributed by atoms with E-state index < -0.39 is 5.82 Å². The van der Waals surface area contributed by atoms with Crippen molar-refractivity contribution >= 4 is 11.4 Å². The van der Waals surface area contributed by atoms with Gasteiger partial charge in [0.15, 0.2) is 0 Å². The van der Waals surface area contributed by atoms with E-state index in [1.807, 2.05) is 0 Å². The van der Waals surface area contributed by atoms with Crippen LogP contribution in [-0.2, 0) is 0 Å². The second-order valence-corrected chi connectivity index (χ2v) is 3.18. The molecule has 0 saturated carbocycles. The number of pyridine rings is 1. The fraction of sp³-hybridized carbons (Fsp3) is 0. The van der Waals surface area contributed by atoms with Gasteiger partial charge >= 0.3 is 0 Å². The number of nitrogen functional groups attached to an aromatic ring is 2. The van der Waals surface area contributed by atoms with Gasteiger partial charge in [-0.3, -0.25) is 4.98 Å². The summed E-state index contributed by atoms with van der Waals surface area (Å²) in [6.45, 7) is 0. The second kappa shape index (κ2) is 3.57. The summed E-state index contributed by atoms with van der Waals surface area (Å²) in [4.78, 5) is 3.94. The maximum Gasteiger partial charge on any atom is 0.149 e. The summed E-state index contributed by atoms with van der Waals surface area (Å²) >= 11 is 0. The standard InChI is InChI=1S/C11H10FN3/c12-9-2-1-5-15-11(9)8-6-7(13)3-4-10(8)14/h1-6H,13-14H2. The summed E-state index contributed by atoms with van der Waals surface area (Å²) in [7, 11) is 0. The molecule has 0 radical (unpaired) electrons. The van der Waals surface area contributed by atoms with Crippen LogP contribution in [0.15, 0.2) is 36.5 Å². The Balaban J connectivity index is 2.64. The molecule has 2 rings (SSSR count). The van der Waals surface area contributed by atoms with Crippen molar-refractivity contribution < 1.29 is 4.39 Å². The van der Waals surface area contributed by atoms with Crippen molar-refractivity contribution in [2.75, 3.05) is 11.5 Å². The van der Waals surface area contributed by atoms with Crippen LogP contribution in [0.2, 0.25) is 0 Å². The van der Waals surface area contributed by atoms with Crippen LogP contribution in [0.25, 0.3) is 11.3 Å². The average molecular weight is 203 g/mol. The predicted octanol–water partition coefficient (Wildman–Crippen LogP) is 2.05. The first-order chi connectivity index (χ1) is 7.18. The lowest BCUT2D eigenvalue weighted by atomic mass is 10.1. The molecule has 3 nitrogen and oxygen atoms in total. The Bertz CT molecular complexity index is 497. The molecule has 4 N–H and O–H groups in total. The maximum atomic E-state index is 13.4. The SMILES string of the molecule is Nc1ccc(N)c(-c2ncccc2F)c1. The molecule has 0 aliphatic carbocycles. The van der Waals surface area contributed by atoms with E-state index in [-0.39, 0.29) is 5.69 Å². The minimum absolute atomic E-state index is 0.224. The highest BCUT2D eigenvalue weighted by Crippen LogP contribution is 2.27. The Morgan fingerprint density at radius 2 is 1.93 bits per heavy atom. The largest absolute Gasteiger partial charge is 0.399 e. The number of hydrogen-bond donors (Lipinski definition) is 2. The molecule has 0 spiro atoms. The van der Waals surface area contributed by atoms with E-state index in [1.165, 1.54) is 18.3 Å². The Kier molecular flexibility index (Phi) is 2.25. The van der Waals surface area contributed by atoms with Crippen LogP contribution in [0, 0.1) is 5.82 Å². The molecule has 0 aliphatic heterocycles. The van der Waals surface area contributed by atoms with E-state index in [0.717, 1.165) is 0 Å². The molecule has 1 aromatic heterocycles. The monoisotopic (exact) mass is 203 g/mol. The van der Waals surface area contributed by atoms with Crippen molar-refractivity contribution in [3.63, 3.8) is 0 Å². The highest BCUT2D eigenvalue weighted by atomic mass is 19.1. The van der Waals surface area contributed by atoms with E-state index in [9.17, 15) is 4.39 Å².